The fraction of sp³-hybridized carbons (Fsp3) is 1.00. The van der Waals surface area contributed by atoms with Crippen LogP contribution in [-0.2, 0) is 44.6 Å². The molecule has 0 saturated carbocycles. The van der Waals surface area contributed by atoms with Gasteiger partial charge in [-0.3, -0.25) is 9.13 Å². The van der Waals surface area contributed by atoms with Crippen molar-refractivity contribution < 1.29 is 251 Å². The molecular formula is CH4Na6O16P6+4. The fourth-order valence-corrected chi connectivity index (χ4v) is 3.74. The standard InChI is InChI=1S/CH4.6Na.2HO8P3/c;;;;;;;2*1-9(2)7-11(5,6)8-10(3)4/h1H4;;;;;;;2*(H,5,6)/q;6*+1;;/p-2. The molecule has 0 aromatic heterocycles. The van der Waals surface area contributed by atoms with Crippen LogP contribution in [0.5, 0.6) is 0 Å². The van der Waals surface area contributed by atoms with Gasteiger partial charge in [-0.25, -0.2) is 0 Å². The summed E-state index contributed by atoms with van der Waals surface area (Å²) in [6, 6.07) is 0. The first kappa shape index (κ1) is 60.1. The second-order valence-electron chi connectivity index (χ2n) is 2.12. The Labute approximate surface area is 301 Å². The molecule has 0 aromatic carbocycles. The van der Waals surface area contributed by atoms with Crippen molar-refractivity contribution in [1.29, 1.82) is 0 Å². The summed E-state index contributed by atoms with van der Waals surface area (Å²) < 4.78 is 70.8. The van der Waals surface area contributed by atoms with E-state index < -0.39 is 48.7 Å². The summed E-state index contributed by atoms with van der Waals surface area (Å²) in [4.78, 5) is 58.4. The van der Waals surface area contributed by atoms with E-state index in [1.165, 1.54) is 0 Å². The van der Waals surface area contributed by atoms with Crippen LogP contribution in [0.1, 0.15) is 7.43 Å². The first-order valence-electron chi connectivity index (χ1n) is 3.65. The van der Waals surface area contributed by atoms with Gasteiger partial charge in [0.25, 0.3) is 0 Å². The molecule has 0 fully saturated rings. The summed E-state index contributed by atoms with van der Waals surface area (Å²) in [6.07, 6.45) is 0. The largest absolute Gasteiger partial charge is 1.00 e. The molecule has 0 bridgehead atoms. The summed E-state index contributed by atoms with van der Waals surface area (Å²) in [5.74, 6) is 0. The van der Waals surface area contributed by atoms with Gasteiger partial charge in [0.2, 0.25) is 0 Å². The molecule has 0 spiro atoms. The van der Waals surface area contributed by atoms with Crippen molar-refractivity contribution in [3.8, 4) is 0 Å². The predicted molar refractivity (Wildman–Crippen MR) is 56.7 cm³/mol. The van der Waals surface area contributed by atoms with Crippen molar-refractivity contribution in [2.24, 2.45) is 0 Å². The van der Waals surface area contributed by atoms with Crippen molar-refractivity contribution in [3.63, 3.8) is 0 Å². The molecule has 136 valence electrons. The monoisotopic (exact) mass is 596 g/mol. The average Bonchev–Trinajstić information content (AvgIpc) is 2.06. The van der Waals surface area contributed by atoms with Crippen molar-refractivity contribution in [2.45, 2.75) is 7.43 Å². The van der Waals surface area contributed by atoms with Crippen LogP contribution in [0.2, 0.25) is 0 Å². The fourth-order valence-electron chi connectivity index (χ4n) is 0.356. The minimum absolute atomic E-state index is 0. The summed E-state index contributed by atoms with van der Waals surface area (Å²) in [6.45, 7) is 0. The maximum atomic E-state index is 10.1. The molecule has 0 aliphatic rings. The van der Waals surface area contributed by atoms with Gasteiger partial charge in [-0.1, -0.05) is 24.7 Å². The van der Waals surface area contributed by atoms with Gasteiger partial charge in [0.05, 0.1) is 0 Å². The second kappa shape index (κ2) is 32.5. The van der Waals surface area contributed by atoms with Gasteiger partial charge in [0.1, 0.15) is 0 Å². The van der Waals surface area contributed by atoms with Gasteiger partial charge < -0.3 is 29.4 Å². The van der Waals surface area contributed by atoms with E-state index in [2.05, 4.69) is 17.2 Å². The van der Waals surface area contributed by atoms with Crippen LogP contribution in [0.15, 0.2) is 0 Å². The molecule has 0 heterocycles. The molecule has 0 aliphatic carbocycles. The molecule has 0 rings (SSSR count). The van der Waals surface area contributed by atoms with Crippen molar-refractivity contribution >= 4 is 48.7 Å². The molecule has 0 aliphatic heterocycles. The Kier molecular flexibility index (Phi) is 67.4. The molecule has 28 heteroatoms. The summed E-state index contributed by atoms with van der Waals surface area (Å²) in [5, 5.41) is 0. The third-order valence-corrected chi connectivity index (χ3v) is 6.00. The van der Waals surface area contributed by atoms with Gasteiger partial charge in [0, 0.05) is 0 Å². The third-order valence-electron chi connectivity index (χ3n) is 0.667. The van der Waals surface area contributed by atoms with Gasteiger partial charge >= 0.3 is 226 Å². The van der Waals surface area contributed by atoms with Crippen molar-refractivity contribution in [2.75, 3.05) is 0 Å². The minimum Gasteiger partial charge on any atom is -0.750 e. The Morgan fingerprint density at radius 1 is 0.483 bits per heavy atom. The Balaban J connectivity index is -0.0000000317. The van der Waals surface area contributed by atoms with Crippen LogP contribution in [0.3, 0.4) is 0 Å². The zero-order chi connectivity index (χ0) is 18.1. The SMILES string of the molecule is C.O=[P+]([O-])OP(=O)([O-])O[P+](=O)[O-].O=[P+]([O-])OP(=O)([O-])O[P+](=O)[O-].[Na+].[Na+].[Na+].[Na+].[Na+].[Na+]. The van der Waals surface area contributed by atoms with E-state index in [1.54, 1.807) is 0 Å². The Morgan fingerprint density at radius 2 is 0.586 bits per heavy atom. The zero-order valence-electron chi connectivity index (χ0n) is 15.2. The number of hydrogen-bond acceptors (Lipinski definition) is 16. The smallest absolute Gasteiger partial charge is 0.750 e. The maximum absolute atomic E-state index is 10.1. The van der Waals surface area contributed by atoms with E-state index in [1.807, 2.05) is 0 Å². The summed E-state index contributed by atoms with van der Waals surface area (Å²) in [5.41, 5.74) is 0. The Bertz CT molecular complexity index is 466. The second-order valence-corrected chi connectivity index (χ2v) is 8.31. The van der Waals surface area contributed by atoms with E-state index in [9.17, 15) is 56.8 Å². The molecule has 16 nitrogen and oxygen atoms in total. The van der Waals surface area contributed by atoms with Crippen molar-refractivity contribution in [1.82, 2.24) is 0 Å². The number of rotatable bonds is 8. The Morgan fingerprint density at radius 3 is 0.655 bits per heavy atom. The summed E-state index contributed by atoms with van der Waals surface area (Å²) >= 11 is 0. The normalized spacial score (nSPS) is 14.3. The van der Waals surface area contributed by atoms with Gasteiger partial charge in [0.15, 0.2) is 0 Å². The topological polar surface area (TPSA) is 278 Å². The van der Waals surface area contributed by atoms with E-state index >= 15 is 0 Å². The van der Waals surface area contributed by atoms with Crippen LogP contribution >= 0.6 is 48.7 Å². The first-order valence-corrected chi connectivity index (χ1v) is 11.0. The predicted octanol–water partition coefficient (Wildman–Crippen LogP) is -20.3. The van der Waals surface area contributed by atoms with E-state index in [0.29, 0.717) is 0 Å². The molecule has 0 radical (unpaired) electrons. The molecule has 0 saturated heterocycles. The zero-order valence-corrected chi connectivity index (χ0v) is 32.6. The van der Waals surface area contributed by atoms with Crippen LogP contribution in [0.4, 0.5) is 0 Å². The van der Waals surface area contributed by atoms with E-state index in [4.69, 9.17) is 0 Å². The van der Waals surface area contributed by atoms with Gasteiger partial charge in [-0.05, 0) is 18.3 Å². The van der Waals surface area contributed by atoms with Gasteiger partial charge in [-0.2, -0.15) is 0 Å². The minimum atomic E-state index is -5.25. The maximum Gasteiger partial charge on any atom is 1.00 e. The van der Waals surface area contributed by atoms with Crippen LogP contribution in [-0.4, -0.2) is 0 Å². The molecule has 0 aromatic rings. The van der Waals surface area contributed by atoms with Crippen molar-refractivity contribution in [3.05, 3.63) is 0 Å². The van der Waals surface area contributed by atoms with Gasteiger partial charge in [-0.15, -0.1) is 0 Å². The van der Waals surface area contributed by atoms with Crippen LogP contribution in [0, 0.1) is 0 Å². The molecule has 0 N–H and O–H groups in total. The summed E-state index contributed by atoms with van der Waals surface area (Å²) in [7, 11) is -25.2. The third kappa shape index (κ3) is 51.9. The Hall–Kier alpha value is 6.46. The van der Waals surface area contributed by atoms with Crippen LogP contribution < -0.4 is 207 Å². The number of phosphoric acid groups is 2. The van der Waals surface area contributed by atoms with Crippen LogP contribution in [0.25, 0.3) is 0 Å². The van der Waals surface area contributed by atoms with E-state index in [-0.39, 0.29) is 185 Å². The molecule has 0 amide bonds. The van der Waals surface area contributed by atoms with E-state index in [0.717, 1.165) is 0 Å². The number of hydrogen-bond donors (Lipinski definition) is 0. The first-order chi connectivity index (χ1) is 9.67. The molecule has 4 atom stereocenters. The quantitative estimate of drug-likeness (QED) is 0.186. The molecule has 4 unspecified atom stereocenters. The molecule has 29 heavy (non-hydrogen) atoms. The average molecular weight is 596 g/mol. The molecular weight excluding hydrogens is 592 g/mol.